The Kier molecular flexibility index (Phi) is 4.70. The number of ether oxygens (including phenoxy) is 2. The van der Waals surface area contributed by atoms with Crippen molar-refractivity contribution in [3.63, 3.8) is 0 Å². The molecular weight excluding hydrogens is 412 g/mol. The first-order chi connectivity index (χ1) is 15.5. The molecule has 5 aromatic rings. The Morgan fingerprint density at radius 1 is 1.12 bits per heavy atom. The predicted molar refractivity (Wildman–Crippen MR) is 117 cm³/mol. The number of fused-ring (bicyclic) bond motifs is 4. The fourth-order valence-electron chi connectivity index (χ4n) is 3.64. The molecule has 1 amide bonds. The Balaban J connectivity index is 1.35. The van der Waals surface area contributed by atoms with Crippen molar-refractivity contribution in [3.05, 3.63) is 66.1 Å². The number of carbonyl (C=O) groups excluding carboxylic acids is 2. The number of hydrogen-bond donors (Lipinski definition) is 1. The van der Waals surface area contributed by atoms with Crippen LogP contribution in [0.5, 0.6) is 5.75 Å². The van der Waals surface area contributed by atoms with Crippen molar-refractivity contribution in [2.45, 2.75) is 6.92 Å². The smallest absolute Gasteiger partial charge is 0.344 e. The number of esters is 1. The highest BCUT2D eigenvalue weighted by atomic mass is 16.5. The molecule has 9 heteroatoms. The topological polar surface area (TPSA) is 108 Å². The Bertz CT molecular complexity index is 1500. The third kappa shape index (κ3) is 3.29. The summed E-state index contributed by atoms with van der Waals surface area (Å²) in [5, 5.41) is 8.76. The van der Waals surface area contributed by atoms with Crippen LogP contribution < -0.4 is 10.1 Å². The van der Waals surface area contributed by atoms with Crippen molar-refractivity contribution in [2.75, 3.05) is 19.0 Å². The second-order valence-electron chi connectivity index (χ2n) is 7.12. The van der Waals surface area contributed by atoms with Crippen LogP contribution in [-0.2, 0) is 9.53 Å². The van der Waals surface area contributed by atoms with E-state index in [2.05, 4.69) is 15.4 Å². The van der Waals surface area contributed by atoms with Crippen LogP contribution in [0.2, 0.25) is 0 Å². The van der Waals surface area contributed by atoms with Crippen molar-refractivity contribution < 1.29 is 23.5 Å². The van der Waals surface area contributed by atoms with Gasteiger partial charge in [0, 0.05) is 29.2 Å². The third-order valence-electron chi connectivity index (χ3n) is 5.08. The average Bonchev–Trinajstić information content (AvgIpc) is 3.33. The van der Waals surface area contributed by atoms with Crippen LogP contribution in [0.3, 0.4) is 0 Å². The van der Waals surface area contributed by atoms with E-state index in [1.165, 1.54) is 11.6 Å². The SMILES string of the molecule is COc1cc2c(cc1NC(=O)COC(=O)c1c(C)nn3cccnc13)oc1ccccc12. The average molecular weight is 430 g/mol. The zero-order chi connectivity index (χ0) is 22.2. The Morgan fingerprint density at radius 3 is 2.81 bits per heavy atom. The molecule has 0 saturated heterocycles. The minimum Gasteiger partial charge on any atom is -0.495 e. The second-order valence-corrected chi connectivity index (χ2v) is 7.12. The number of nitrogens with zero attached hydrogens (tertiary/aromatic N) is 3. The molecule has 160 valence electrons. The largest absolute Gasteiger partial charge is 0.495 e. The quantitative estimate of drug-likeness (QED) is 0.423. The molecule has 3 aromatic heterocycles. The lowest BCUT2D eigenvalue weighted by Gasteiger charge is -2.10. The number of rotatable bonds is 5. The highest BCUT2D eigenvalue weighted by molar-refractivity contribution is 6.08. The minimum atomic E-state index is -0.675. The molecule has 1 N–H and O–H groups in total. The van der Waals surface area contributed by atoms with E-state index in [9.17, 15) is 9.59 Å². The minimum absolute atomic E-state index is 0.222. The predicted octanol–water partition coefficient (Wildman–Crippen LogP) is 3.74. The summed E-state index contributed by atoms with van der Waals surface area (Å²) in [5.74, 6) is -0.730. The zero-order valence-corrected chi connectivity index (χ0v) is 17.3. The molecule has 3 heterocycles. The lowest BCUT2D eigenvalue weighted by atomic mass is 10.1. The van der Waals surface area contributed by atoms with Crippen LogP contribution in [0.15, 0.2) is 59.3 Å². The molecule has 0 atom stereocenters. The maximum absolute atomic E-state index is 12.6. The van der Waals surface area contributed by atoms with Gasteiger partial charge < -0.3 is 19.2 Å². The van der Waals surface area contributed by atoms with Gasteiger partial charge in [-0.1, -0.05) is 18.2 Å². The molecule has 0 spiro atoms. The number of amides is 1. The van der Waals surface area contributed by atoms with Crippen molar-refractivity contribution in [1.82, 2.24) is 14.6 Å². The molecule has 0 unspecified atom stereocenters. The monoisotopic (exact) mass is 430 g/mol. The van der Waals surface area contributed by atoms with Crippen molar-refractivity contribution in [3.8, 4) is 5.75 Å². The van der Waals surface area contributed by atoms with Crippen LogP contribution >= 0.6 is 0 Å². The van der Waals surface area contributed by atoms with Gasteiger partial charge in [0.1, 0.15) is 22.5 Å². The zero-order valence-electron chi connectivity index (χ0n) is 17.3. The number of aromatic nitrogens is 3. The van der Waals surface area contributed by atoms with E-state index in [-0.39, 0.29) is 5.56 Å². The number of anilines is 1. The van der Waals surface area contributed by atoms with E-state index in [1.807, 2.05) is 24.3 Å². The Hall–Kier alpha value is -4.40. The van der Waals surface area contributed by atoms with Crippen LogP contribution in [0.4, 0.5) is 5.69 Å². The van der Waals surface area contributed by atoms with E-state index in [1.54, 1.807) is 37.5 Å². The summed E-state index contributed by atoms with van der Waals surface area (Å²) < 4.78 is 18.0. The molecular formula is C23H18N4O5. The summed E-state index contributed by atoms with van der Waals surface area (Å²) in [6.07, 6.45) is 3.24. The van der Waals surface area contributed by atoms with Crippen LogP contribution in [0, 0.1) is 6.92 Å². The fraction of sp³-hybridized carbons (Fsp3) is 0.130. The highest BCUT2D eigenvalue weighted by Crippen LogP contribution is 2.36. The van der Waals surface area contributed by atoms with Gasteiger partial charge in [-0.3, -0.25) is 4.79 Å². The molecule has 0 radical (unpaired) electrons. The molecule has 0 aliphatic heterocycles. The number of furan rings is 1. The third-order valence-corrected chi connectivity index (χ3v) is 5.08. The molecule has 32 heavy (non-hydrogen) atoms. The number of para-hydroxylation sites is 1. The molecule has 0 aliphatic rings. The van der Waals surface area contributed by atoms with Crippen molar-refractivity contribution in [2.24, 2.45) is 0 Å². The lowest BCUT2D eigenvalue weighted by molar-refractivity contribution is -0.119. The Labute approximate surface area is 181 Å². The summed E-state index contributed by atoms with van der Waals surface area (Å²) in [4.78, 5) is 29.2. The molecule has 5 rings (SSSR count). The normalized spacial score (nSPS) is 11.2. The van der Waals surface area contributed by atoms with Crippen molar-refractivity contribution in [1.29, 1.82) is 0 Å². The molecule has 0 fully saturated rings. The van der Waals surface area contributed by atoms with Gasteiger partial charge in [-0.2, -0.15) is 5.10 Å². The van der Waals surface area contributed by atoms with E-state index in [4.69, 9.17) is 13.9 Å². The molecule has 0 saturated carbocycles. The molecule has 9 nitrogen and oxygen atoms in total. The summed E-state index contributed by atoms with van der Waals surface area (Å²) in [7, 11) is 1.51. The van der Waals surface area contributed by atoms with Gasteiger partial charge in [-0.05, 0) is 25.1 Å². The van der Waals surface area contributed by atoms with Crippen molar-refractivity contribution >= 4 is 45.1 Å². The molecule has 2 aromatic carbocycles. The number of hydrogen-bond acceptors (Lipinski definition) is 7. The van der Waals surface area contributed by atoms with E-state index in [0.717, 1.165) is 16.4 Å². The standard InChI is InChI=1S/C23H18N4O5/c1-13-21(22-24-8-5-9-27(22)26-13)23(29)31-12-20(28)25-16-11-18-15(10-19(16)30-2)14-6-3-4-7-17(14)32-18/h3-11H,12H2,1-2H3,(H,25,28). The van der Waals surface area contributed by atoms with E-state index >= 15 is 0 Å². The van der Waals surface area contributed by atoms with E-state index in [0.29, 0.717) is 28.4 Å². The number of nitrogens with one attached hydrogen (secondary N) is 1. The molecule has 0 bridgehead atoms. The fourth-order valence-corrected chi connectivity index (χ4v) is 3.64. The summed E-state index contributed by atoms with van der Waals surface area (Å²) in [5.41, 5.74) is 2.80. The number of benzene rings is 2. The summed E-state index contributed by atoms with van der Waals surface area (Å²) >= 11 is 0. The second kappa shape index (κ2) is 7.69. The summed E-state index contributed by atoms with van der Waals surface area (Å²) in [6, 6.07) is 12.8. The van der Waals surface area contributed by atoms with Gasteiger partial charge in [-0.25, -0.2) is 14.3 Å². The highest BCUT2D eigenvalue weighted by Gasteiger charge is 2.21. The van der Waals surface area contributed by atoms with E-state index < -0.39 is 18.5 Å². The van der Waals surface area contributed by atoms with Crippen LogP contribution in [0.25, 0.3) is 27.6 Å². The first-order valence-corrected chi connectivity index (χ1v) is 9.81. The summed E-state index contributed by atoms with van der Waals surface area (Å²) in [6.45, 7) is 1.20. The van der Waals surface area contributed by atoms with Gasteiger partial charge >= 0.3 is 5.97 Å². The van der Waals surface area contributed by atoms with Crippen LogP contribution in [0.1, 0.15) is 16.1 Å². The maximum Gasteiger partial charge on any atom is 0.344 e. The lowest BCUT2D eigenvalue weighted by Crippen LogP contribution is -2.21. The maximum atomic E-state index is 12.6. The first kappa shape index (κ1) is 19.6. The van der Waals surface area contributed by atoms with Gasteiger partial charge in [-0.15, -0.1) is 0 Å². The first-order valence-electron chi connectivity index (χ1n) is 9.81. The number of carbonyl (C=O) groups is 2. The van der Waals surface area contributed by atoms with Crippen LogP contribution in [-0.4, -0.2) is 40.2 Å². The number of methoxy groups -OCH3 is 1. The van der Waals surface area contributed by atoms with Gasteiger partial charge in [0.25, 0.3) is 5.91 Å². The Morgan fingerprint density at radius 2 is 1.97 bits per heavy atom. The number of aryl methyl sites for hydroxylation is 1. The van der Waals surface area contributed by atoms with Gasteiger partial charge in [0.15, 0.2) is 12.3 Å². The molecule has 0 aliphatic carbocycles. The van der Waals surface area contributed by atoms with Gasteiger partial charge in [0.05, 0.1) is 18.5 Å². The van der Waals surface area contributed by atoms with Gasteiger partial charge in [0.2, 0.25) is 0 Å².